The first-order chi connectivity index (χ1) is 11.4. The third-order valence-electron chi connectivity index (χ3n) is 4.06. The molecule has 0 unspecified atom stereocenters. The fourth-order valence-corrected chi connectivity index (χ4v) is 2.69. The SMILES string of the molecule is CCCn1c(O)c(C=Nc2c(C)cccc2C)c(C)c(C#N)c1=O. The number of nitriles is 1. The van der Waals surface area contributed by atoms with Crippen molar-refractivity contribution in [1.82, 2.24) is 4.57 Å². The first-order valence-corrected chi connectivity index (χ1v) is 7.89. The second-order valence-corrected chi connectivity index (χ2v) is 5.80. The molecule has 1 aromatic heterocycles. The van der Waals surface area contributed by atoms with E-state index in [0.29, 0.717) is 24.1 Å². The van der Waals surface area contributed by atoms with Gasteiger partial charge in [-0.05, 0) is 43.9 Å². The second kappa shape index (κ2) is 7.14. The van der Waals surface area contributed by atoms with Crippen LogP contribution in [0.3, 0.4) is 0 Å². The van der Waals surface area contributed by atoms with Crippen molar-refractivity contribution in [2.24, 2.45) is 4.99 Å². The van der Waals surface area contributed by atoms with Crippen LogP contribution in [0.4, 0.5) is 5.69 Å². The van der Waals surface area contributed by atoms with Crippen molar-refractivity contribution in [3.8, 4) is 11.9 Å². The maximum Gasteiger partial charge on any atom is 0.271 e. The Hall–Kier alpha value is -2.87. The molecular formula is C19H21N3O2. The maximum absolute atomic E-state index is 12.3. The van der Waals surface area contributed by atoms with Crippen molar-refractivity contribution >= 4 is 11.9 Å². The van der Waals surface area contributed by atoms with Crippen LogP contribution < -0.4 is 5.56 Å². The van der Waals surface area contributed by atoms with E-state index in [-0.39, 0.29) is 11.4 Å². The molecule has 0 saturated heterocycles. The third kappa shape index (κ3) is 3.09. The van der Waals surface area contributed by atoms with Gasteiger partial charge < -0.3 is 5.11 Å². The minimum Gasteiger partial charge on any atom is -0.494 e. The van der Waals surface area contributed by atoms with Gasteiger partial charge in [-0.15, -0.1) is 0 Å². The van der Waals surface area contributed by atoms with E-state index >= 15 is 0 Å². The number of aromatic nitrogens is 1. The Labute approximate surface area is 141 Å². The number of hydrogen-bond acceptors (Lipinski definition) is 4. The Kier molecular flexibility index (Phi) is 5.20. The normalized spacial score (nSPS) is 11.0. The van der Waals surface area contributed by atoms with E-state index in [1.807, 2.05) is 45.0 Å². The van der Waals surface area contributed by atoms with Crippen LogP contribution >= 0.6 is 0 Å². The van der Waals surface area contributed by atoms with E-state index in [1.54, 1.807) is 6.92 Å². The number of aliphatic imine (C=N–C) groups is 1. The standard InChI is InChI=1S/C19H21N3O2/c1-5-9-22-18(23)15(10-20)14(4)16(19(22)24)11-21-17-12(2)7-6-8-13(17)3/h6-8,11,24H,5,9H2,1-4H3. The van der Waals surface area contributed by atoms with Crippen LogP contribution in [0.5, 0.6) is 5.88 Å². The van der Waals surface area contributed by atoms with Crippen molar-refractivity contribution in [3.63, 3.8) is 0 Å². The van der Waals surface area contributed by atoms with Crippen LogP contribution in [0.1, 0.15) is 41.2 Å². The van der Waals surface area contributed by atoms with E-state index in [1.165, 1.54) is 10.8 Å². The van der Waals surface area contributed by atoms with E-state index in [9.17, 15) is 15.2 Å². The zero-order chi connectivity index (χ0) is 17.9. The lowest BCUT2D eigenvalue weighted by molar-refractivity contribution is 0.403. The molecule has 0 atom stereocenters. The average molecular weight is 323 g/mol. The summed E-state index contributed by atoms with van der Waals surface area (Å²) in [5.74, 6) is -0.145. The van der Waals surface area contributed by atoms with Crippen molar-refractivity contribution in [1.29, 1.82) is 5.26 Å². The second-order valence-electron chi connectivity index (χ2n) is 5.80. The molecule has 124 valence electrons. The summed E-state index contributed by atoms with van der Waals surface area (Å²) < 4.78 is 1.23. The number of aromatic hydroxyl groups is 1. The molecule has 1 aromatic carbocycles. The molecule has 0 saturated carbocycles. The van der Waals surface area contributed by atoms with Gasteiger partial charge >= 0.3 is 0 Å². The largest absolute Gasteiger partial charge is 0.494 e. The predicted octanol–water partition coefficient (Wildman–Crippen LogP) is 3.51. The molecule has 0 fully saturated rings. The van der Waals surface area contributed by atoms with Crippen LogP contribution in [0.2, 0.25) is 0 Å². The molecule has 1 heterocycles. The van der Waals surface area contributed by atoms with Gasteiger partial charge in [0.25, 0.3) is 5.56 Å². The number of para-hydroxylation sites is 1. The van der Waals surface area contributed by atoms with Gasteiger partial charge in [-0.1, -0.05) is 25.1 Å². The zero-order valence-corrected chi connectivity index (χ0v) is 14.4. The predicted molar refractivity (Wildman–Crippen MR) is 95.3 cm³/mol. The summed E-state index contributed by atoms with van der Waals surface area (Å²) in [4.78, 5) is 16.8. The molecular weight excluding hydrogens is 302 g/mol. The van der Waals surface area contributed by atoms with Gasteiger partial charge in [-0.25, -0.2) is 0 Å². The van der Waals surface area contributed by atoms with Gasteiger partial charge in [0.15, 0.2) is 0 Å². The number of benzene rings is 1. The molecule has 2 aromatic rings. The highest BCUT2D eigenvalue weighted by molar-refractivity contribution is 5.87. The summed E-state index contributed by atoms with van der Waals surface area (Å²) in [5, 5.41) is 19.8. The number of pyridine rings is 1. The Morgan fingerprint density at radius 1 is 1.29 bits per heavy atom. The molecule has 0 aliphatic carbocycles. The fourth-order valence-electron chi connectivity index (χ4n) is 2.69. The van der Waals surface area contributed by atoms with Gasteiger partial charge in [-0.2, -0.15) is 5.26 Å². The number of rotatable bonds is 4. The molecule has 0 spiro atoms. The van der Waals surface area contributed by atoms with Crippen LogP contribution in [0.25, 0.3) is 0 Å². The Morgan fingerprint density at radius 3 is 2.46 bits per heavy atom. The molecule has 5 heteroatoms. The molecule has 0 radical (unpaired) electrons. The van der Waals surface area contributed by atoms with E-state index in [2.05, 4.69) is 4.99 Å². The number of aryl methyl sites for hydroxylation is 2. The minimum atomic E-state index is -0.460. The minimum absolute atomic E-state index is 0.0456. The Balaban J connectivity index is 2.67. The first kappa shape index (κ1) is 17.5. The summed E-state index contributed by atoms with van der Waals surface area (Å²) in [6, 6.07) is 7.83. The molecule has 5 nitrogen and oxygen atoms in total. The van der Waals surface area contributed by atoms with Crippen LogP contribution in [0.15, 0.2) is 28.0 Å². The number of nitrogens with zero attached hydrogens (tertiary/aromatic N) is 3. The lowest BCUT2D eigenvalue weighted by Crippen LogP contribution is -2.25. The van der Waals surface area contributed by atoms with E-state index < -0.39 is 5.56 Å². The highest BCUT2D eigenvalue weighted by atomic mass is 16.3. The van der Waals surface area contributed by atoms with Crippen molar-refractivity contribution in [2.75, 3.05) is 0 Å². The molecule has 0 aliphatic rings. The first-order valence-electron chi connectivity index (χ1n) is 7.89. The average Bonchev–Trinajstić information content (AvgIpc) is 2.54. The van der Waals surface area contributed by atoms with Gasteiger partial charge in [0.2, 0.25) is 5.88 Å². The maximum atomic E-state index is 12.3. The number of hydrogen-bond donors (Lipinski definition) is 1. The van der Waals surface area contributed by atoms with Crippen molar-refractivity contribution in [2.45, 2.75) is 40.7 Å². The van der Waals surface area contributed by atoms with Gasteiger partial charge in [0.1, 0.15) is 11.6 Å². The van der Waals surface area contributed by atoms with Crippen LogP contribution in [0, 0.1) is 32.1 Å². The summed E-state index contributed by atoms with van der Waals surface area (Å²) in [6.45, 7) is 7.84. The van der Waals surface area contributed by atoms with Crippen molar-refractivity contribution < 1.29 is 5.11 Å². The lowest BCUT2D eigenvalue weighted by atomic mass is 10.1. The van der Waals surface area contributed by atoms with E-state index in [0.717, 1.165) is 16.8 Å². The summed E-state index contributed by atoms with van der Waals surface area (Å²) >= 11 is 0. The topological polar surface area (TPSA) is 78.4 Å². The van der Waals surface area contributed by atoms with Gasteiger partial charge in [0.05, 0.1) is 11.3 Å². The van der Waals surface area contributed by atoms with Gasteiger partial charge in [0, 0.05) is 12.8 Å². The lowest BCUT2D eigenvalue weighted by Gasteiger charge is -2.13. The summed E-state index contributed by atoms with van der Waals surface area (Å²) in [5.41, 5.74) is 3.30. The highest BCUT2D eigenvalue weighted by Gasteiger charge is 2.17. The molecule has 0 bridgehead atoms. The summed E-state index contributed by atoms with van der Waals surface area (Å²) in [6.07, 6.45) is 2.21. The fraction of sp³-hybridized carbons (Fsp3) is 0.316. The molecule has 24 heavy (non-hydrogen) atoms. The molecule has 0 amide bonds. The molecule has 1 N–H and O–H groups in total. The zero-order valence-electron chi connectivity index (χ0n) is 14.4. The van der Waals surface area contributed by atoms with Crippen LogP contribution in [-0.4, -0.2) is 15.9 Å². The quantitative estimate of drug-likeness (QED) is 0.874. The Bertz CT molecular complexity index is 882. The monoisotopic (exact) mass is 323 g/mol. The smallest absolute Gasteiger partial charge is 0.271 e. The Morgan fingerprint density at radius 2 is 1.92 bits per heavy atom. The third-order valence-corrected chi connectivity index (χ3v) is 4.06. The summed E-state index contributed by atoms with van der Waals surface area (Å²) in [7, 11) is 0. The van der Waals surface area contributed by atoms with E-state index in [4.69, 9.17) is 0 Å². The van der Waals surface area contributed by atoms with Gasteiger partial charge in [-0.3, -0.25) is 14.4 Å². The van der Waals surface area contributed by atoms with Crippen LogP contribution in [-0.2, 0) is 6.54 Å². The van der Waals surface area contributed by atoms with Crippen molar-refractivity contribution in [3.05, 3.63) is 56.4 Å². The highest BCUT2D eigenvalue weighted by Crippen LogP contribution is 2.25. The molecule has 2 rings (SSSR count). The molecule has 0 aliphatic heterocycles.